The van der Waals surface area contributed by atoms with E-state index in [0.29, 0.717) is 19.5 Å². The normalized spacial score (nSPS) is 20.6. The Labute approximate surface area is 118 Å². The number of aliphatic carboxylic acids is 1. The van der Waals surface area contributed by atoms with Gasteiger partial charge in [0, 0.05) is 12.2 Å². The second kappa shape index (κ2) is 6.05. The summed E-state index contributed by atoms with van der Waals surface area (Å²) in [6.45, 7) is 4.85. The molecule has 1 fully saturated rings. The number of carbonyl (C=O) groups is 2. The average Bonchev–Trinajstić information content (AvgIpc) is 2.90. The molecule has 0 saturated carbocycles. The zero-order chi connectivity index (χ0) is 14.7. The van der Waals surface area contributed by atoms with E-state index in [1.165, 1.54) is 0 Å². The van der Waals surface area contributed by atoms with Crippen LogP contribution in [-0.4, -0.2) is 41.0 Å². The maximum Gasteiger partial charge on any atom is 0.307 e. The van der Waals surface area contributed by atoms with Gasteiger partial charge in [-0.15, -0.1) is 0 Å². The third-order valence-corrected chi connectivity index (χ3v) is 3.90. The van der Waals surface area contributed by atoms with Gasteiger partial charge in [-0.05, 0) is 38.4 Å². The molecule has 1 aromatic carbocycles. The third-order valence-electron chi connectivity index (χ3n) is 3.90. The van der Waals surface area contributed by atoms with Crippen molar-refractivity contribution in [1.82, 2.24) is 4.90 Å². The smallest absolute Gasteiger partial charge is 0.307 e. The van der Waals surface area contributed by atoms with Gasteiger partial charge in [0.05, 0.1) is 12.0 Å². The number of para-hydroxylation sites is 1. The molecular formula is C15H20N2O3. The van der Waals surface area contributed by atoms with E-state index < -0.39 is 5.97 Å². The summed E-state index contributed by atoms with van der Waals surface area (Å²) >= 11 is 0. The SMILES string of the molecule is Cc1ccccc1NC(=O)C(C)N1CCC(C(=O)O)C1. The van der Waals surface area contributed by atoms with Gasteiger partial charge < -0.3 is 10.4 Å². The first-order chi connectivity index (χ1) is 9.49. The molecule has 1 amide bonds. The molecule has 20 heavy (non-hydrogen) atoms. The van der Waals surface area contributed by atoms with Crippen LogP contribution in [0.2, 0.25) is 0 Å². The molecule has 1 aliphatic heterocycles. The molecule has 0 aliphatic carbocycles. The Morgan fingerprint density at radius 1 is 1.40 bits per heavy atom. The van der Waals surface area contributed by atoms with E-state index in [2.05, 4.69) is 5.32 Å². The number of anilines is 1. The number of benzene rings is 1. The lowest BCUT2D eigenvalue weighted by Gasteiger charge is -2.23. The highest BCUT2D eigenvalue weighted by Gasteiger charge is 2.33. The molecule has 1 heterocycles. The molecule has 1 aromatic rings. The molecule has 2 unspecified atom stereocenters. The number of hydrogen-bond donors (Lipinski definition) is 2. The number of aryl methyl sites for hydroxylation is 1. The fourth-order valence-electron chi connectivity index (χ4n) is 2.46. The Morgan fingerprint density at radius 2 is 2.10 bits per heavy atom. The van der Waals surface area contributed by atoms with Crippen LogP contribution in [0, 0.1) is 12.8 Å². The zero-order valence-corrected chi connectivity index (χ0v) is 11.8. The van der Waals surface area contributed by atoms with Crippen LogP contribution in [0.25, 0.3) is 0 Å². The minimum Gasteiger partial charge on any atom is -0.481 e. The summed E-state index contributed by atoms with van der Waals surface area (Å²) in [6, 6.07) is 7.29. The van der Waals surface area contributed by atoms with Crippen LogP contribution in [-0.2, 0) is 9.59 Å². The summed E-state index contributed by atoms with van der Waals surface area (Å²) in [5.41, 5.74) is 1.82. The number of rotatable bonds is 4. The van der Waals surface area contributed by atoms with Crippen LogP contribution in [0.5, 0.6) is 0 Å². The van der Waals surface area contributed by atoms with Crippen molar-refractivity contribution in [2.24, 2.45) is 5.92 Å². The second-order valence-electron chi connectivity index (χ2n) is 5.30. The molecule has 0 radical (unpaired) electrons. The summed E-state index contributed by atoms with van der Waals surface area (Å²) in [6.07, 6.45) is 0.608. The molecule has 0 bridgehead atoms. The fourth-order valence-corrected chi connectivity index (χ4v) is 2.46. The second-order valence-corrected chi connectivity index (χ2v) is 5.30. The average molecular weight is 276 g/mol. The van der Waals surface area contributed by atoms with Crippen molar-refractivity contribution in [2.45, 2.75) is 26.3 Å². The van der Waals surface area contributed by atoms with E-state index in [0.717, 1.165) is 11.3 Å². The lowest BCUT2D eigenvalue weighted by Crippen LogP contribution is -2.41. The molecule has 2 atom stereocenters. The molecule has 0 spiro atoms. The van der Waals surface area contributed by atoms with Gasteiger partial charge in [-0.2, -0.15) is 0 Å². The van der Waals surface area contributed by atoms with Gasteiger partial charge in [-0.25, -0.2) is 0 Å². The van der Waals surface area contributed by atoms with Crippen molar-refractivity contribution in [3.8, 4) is 0 Å². The summed E-state index contributed by atoms with van der Waals surface area (Å²) < 4.78 is 0. The van der Waals surface area contributed by atoms with Crippen LogP contribution >= 0.6 is 0 Å². The highest BCUT2D eigenvalue weighted by molar-refractivity contribution is 5.95. The lowest BCUT2D eigenvalue weighted by atomic mass is 10.1. The maximum absolute atomic E-state index is 12.2. The molecule has 1 saturated heterocycles. The summed E-state index contributed by atoms with van der Waals surface area (Å²) in [7, 11) is 0. The van der Waals surface area contributed by atoms with Crippen LogP contribution in [0.15, 0.2) is 24.3 Å². The summed E-state index contributed by atoms with van der Waals surface area (Å²) in [4.78, 5) is 25.1. The van der Waals surface area contributed by atoms with Gasteiger partial charge in [0.1, 0.15) is 0 Å². The molecule has 5 heteroatoms. The van der Waals surface area contributed by atoms with Gasteiger partial charge in [0.2, 0.25) is 5.91 Å². The predicted octanol–water partition coefficient (Wildman–Crippen LogP) is 1.73. The number of nitrogens with one attached hydrogen (secondary N) is 1. The zero-order valence-electron chi connectivity index (χ0n) is 11.8. The van der Waals surface area contributed by atoms with Crippen LogP contribution in [0.1, 0.15) is 18.9 Å². The van der Waals surface area contributed by atoms with E-state index in [9.17, 15) is 9.59 Å². The van der Waals surface area contributed by atoms with Crippen LogP contribution in [0.3, 0.4) is 0 Å². The first kappa shape index (κ1) is 14.5. The largest absolute Gasteiger partial charge is 0.481 e. The first-order valence-electron chi connectivity index (χ1n) is 6.82. The molecular weight excluding hydrogens is 256 g/mol. The lowest BCUT2D eigenvalue weighted by molar-refractivity contribution is -0.141. The standard InChI is InChI=1S/C15H20N2O3/c1-10-5-3-4-6-13(10)16-14(18)11(2)17-8-7-12(9-17)15(19)20/h3-6,11-12H,7-9H2,1-2H3,(H,16,18)(H,19,20). The number of amides is 1. The monoisotopic (exact) mass is 276 g/mol. The Morgan fingerprint density at radius 3 is 2.70 bits per heavy atom. The van der Waals surface area contributed by atoms with Crippen molar-refractivity contribution in [3.63, 3.8) is 0 Å². The number of carboxylic acids is 1. The molecule has 5 nitrogen and oxygen atoms in total. The predicted molar refractivity (Wildman–Crippen MR) is 76.6 cm³/mol. The van der Waals surface area contributed by atoms with Crippen molar-refractivity contribution < 1.29 is 14.7 Å². The van der Waals surface area contributed by atoms with E-state index in [1.54, 1.807) is 0 Å². The number of carbonyl (C=O) groups excluding carboxylic acids is 1. The van der Waals surface area contributed by atoms with E-state index in [1.807, 2.05) is 43.0 Å². The highest BCUT2D eigenvalue weighted by atomic mass is 16.4. The van der Waals surface area contributed by atoms with Gasteiger partial charge in [-0.1, -0.05) is 18.2 Å². The number of carboxylic acid groups (broad SMARTS) is 1. The Bertz CT molecular complexity index is 516. The van der Waals surface area contributed by atoms with Crippen LogP contribution in [0.4, 0.5) is 5.69 Å². The first-order valence-corrected chi connectivity index (χ1v) is 6.82. The minimum absolute atomic E-state index is 0.0923. The van der Waals surface area contributed by atoms with E-state index in [-0.39, 0.29) is 17.9 Å². The van der Waals surface area contributed by atoms with Crippen molar-refractivity contribution in [1.29, 1.82) is 0 Å². The molecule has 0 aromatic heterocycles. The van der Waals surface area contributed by atoms with E-state index in [4.69, 9.17) is 5.11 Å². The quantitative estimate of drug-likeness (QED) is 0.878. The van der Waals surface area contributed by atoms with Gasteiger partial charge in [0.25, 0.3) is 0 Å². The number of likely N-dealkylation sites (tertiary alicyclic amines) is 1. The van der Waals surface area contributed by atoms with Crippen molar-refractivity contribution in [2.75, 3.05) is 18.4 Å². The summed E-state index contributed by atoms with van der Waals surface area (Å²) in [5.74, 6) is -1.23. The third kappa shape index (κ3) is 3.17. The van der Waals surface area contributed by atoms with Gasteiger partial charge >= 0.3 is 5.97 Å². The minimum atomic E-state index is -0.779. The van der Waals surface area contributed by atoms with Gasteiger partial charge in [0.15, 0.2) is 0 Å². The Hall–Kier alpha value is -1.88. The van der Waals surface area contributed by atoms with E-state index >= 15 is 0 Å². The molecule has 2 rings (SSSR count). The molecule has 2 N–H and O–H groups in total. The Kier molecular flexibility index (Phi) is 4.39. The van der Waals surface area contributed by atoms with Crippen molar-refractivity contribution in [3.05, 3.63) is 29.8 Å². The van der Waals surface area contributed by atoms with Crippen LogP contribution < -0.4 is 5.32 Å². The fraction of sp³-hybridized carbons (Fsp3) is 0.467. The molecule has 108 valence electrons. The van der Waals surface area contributed by atoms with Gasteiger partial charge in [-0.3, -0.25) is 14.5 Å². The summed E-state index contributed by atoms with van der Waals surface area (Å²) in [5, 5.41) is 11.9. The topological polar surface area (TPSA) is 69.6 Å². The number of nitrogens with zero attached hydrogens (tertiary/aromatic N) is 1. The highest BCUT2D eigenvalue weighted by Crippen LogP contribution is 2.20. The number of hydrogen-bond acceptors (Lipinski definition) is 3. The molecule has 1 aliphatic rings. The maximum atomic E-state index is 12.2. The Balaban J connectivity index is 1.96. The van der Waals surface area contributed by atoms with Crippen molar-refractivity contribution >= 4 is 17.6 Å².